The van der Waals surface area contributed by atoms with E-state index in [1.807, 2.05) is 0 Å². The average molecular weight is 426 g/mol. The number of aryl methyl sites for hydroxylation is 1. The molecular formula is C23H15FN6O2. The summed E-state index contributed by atoms with van der Waals surface area (Å²) in [5.74, 6) is -0.507. The zero-order valence-corrected chi connectivity index (χ0v) is 16.8. The number of fused-ring (bicyclic) bond motifs is 7. The Balaban J connectivity index is 1.87. The van der Waals surface area contributed by atoms with Gasteiger partial charge in [-0.25, -0.2) is 9.37 Å². The van der Waals surface area contributed by atoms with Crippen LogP contribution >= 0.6 is 0 Å². The number of nitrogens with zero attached hydrogens (tertiary/aromatic N) is 5. The molecule has 4 aromatic rings. The van der Waals surface area contributed by atoms with Crippen LogP contribution in [0.5, 0.6) is 5.75 Å². The molecule has 0 radical (unpaired) electrons. The highest BCUT2D eigenvalue weighted by Gasteiger charge is 2.28. The molecule has 2 N–H and O–H groups in total. The summed E-state index contributed by atoms with van der Waals surface area (Å²) in [6, 6.07) is 11.1. The van der Waals surface area contributed by atoms with Crippen molar-refractivity contribution in [1.29, 1.82) is 5.26 Å². The minimum absolute atomic E-state index is 0.0301. The molecule has 4 heterocycles. The summed E-state index contributed by atoms with van der Waals surface area (Å²) in [5.41, 5.74) is 8.69. The molecule has 1 aliphatic rings. The number of ketones is 1. The Morgan fingerprint density at radius 1 is 1.19 bits per heavy atom. The number of carbonyl (C=O) groups is 1. The van der Waals surface area contributed by atoms with E-state index in [0.29, 0.717) is 27.9 Å². The Bertz CT molecular complexity index is 1450. The number of carbonyl (C=O) groups excluding carboxylic acids is 1. The van der Waals surface area contributed by atoms with Crippen molar-refractivity contribution in [3.05, 3.63) is 77.1 Å². The Hall–Kier alpha value is -4.58. The highest BCUT2D eigenvalue weighted by molar-refractivity contribution is 6.15. The van der Waals surface area contributed by atoms with Gasteiger partial charge in [-0.3, -0.25) is 14.5 Å². The maximum absolute atomic E-state index is 14.1. The van der Waals surface area contributed by atoms with Crippen LogP contribution in [-0.2, 0) is 13.7 Å². The molecule has 5 rings (SSSR count). The number of nitrogen functional groups attached to an aromatic ring is 1. The first kappa shape index (κ1) is 19.4. The highest BCUT2D eigenvalue weighted by atomic mass is 19.1. The van der Waals surface area contributed by atoms with Crippen LogP contribution in [0.4, 0.5) is 10.2 Å². The molecule has 0 atom stereocenters. The van der Waals surface area contributed by atoms with Crippen LogP contribution < -0.4 is 10.5 Å². The van der Waals surface area contributed by atoms with Crippen LogP contribution in [-0.4, -0.2) is 25.5 Å². The number of halogens is 1. The molecule has 156 valence electrons. The van der Waals surface area contributed by atoms with Gasteiger partial charge in [0.1, 0.15) is 29.9 Å². The van der Waals surface area contributed by atoms with Gasteiger partial charge in [-0.1, -0.05) is 0 Å². The molecule has 0 spiro atoms. The topological polar surface area (TPSA) is 120 Å². The standard InChI is InChI=1S/C23H15FN6O2/c1-30-17(9-25)19-12-8-18(23(26)28-10-12)32-11-13-7-14(24)4-5-15(13)20-16(3-2-6-27-20)22(31)21(19)29-30/h2-8,10H,11H2,1H3,(H2,26,28). The molecule has 1 aliphatic heterocycles. The third-order valence-corrected chi connectivity index (χ3v) is 5.30. The summed E-state index contributed by atoms with van der Waals surface area (Å²) in [5, 5.41) is 14.1. The fraction of sp³-hybridized carbons (Fsp3) is 0.0870. The van der Waals surface area contributed by atoms with Gasteiger partial charge in [0.2, 0.25) is 5.78 Å². The molecule has 32 heavy (non-hydrogen) atoms. The smallest absolute Gasteiger partial charge is 0.216 e. The third kappa shape index (κ3) is 2.97. The summed E-state index contributed by atoms with van der Waals surface area (Å²) >= 11 is 0. The lowest BCUT2D eigenvalue weighted by Crippen LogP contribution is -2.10. The van der Waals surface area contributed by atoms with Gasteiger partial charge in [0, 0.05) is 36.1 Å². The van der Waals surface area contributed by atoms with E-state index in [9.17, 15) is 14.4 Å². The van der Waals surface area contributed by atoms with Crippen molar-refractivity contribution in [1.82, 2.24) is 19.7 Å². The summed E-state index contributed by atoms with van der Waals surface area (Å²) in [7, 11) is 1.58. The summed E-state index contributed by atoms with van der Waals surface area (Å²) in [4.78, 5) is 22.3. The molecule has 1 aromatic carbocycles. The van der Waals surface area contributed by atoms with Crippen molar-refractivity contribution in [2.45, 2.75) is 6.61 Å². The van der Waals surface area contributed by atoms with E-state index in [4.69, 9.17) is 10.5 Å². The highest BCUT2D eigenvalue weighted by Crippen LogP contribution is 2.36. The Morgan fingerprint density at radius 2 is 2.03 bits per heavy atom. The van der Waals surface area contributed by atoms with Gasteiger partial charge in [0.05, 0.1) is 16.8 Å². The molecule has 0 saturated carbocycles. The normalized spacial score (nSPS) is 12.3. The number of nitrogens with two attached hydrogens (primary N) is 1. The quantitative estimate of drug-likeness (QED) is 0.458. The lowest BCUT2D eigenvalue weighted by molar-refractivity contribution is 0.103. The second-order valence-corrected chi connectivity index (χ2v) is 7.23. The molecule has 0 unspecified atom stereocenters. The molecular weight excluding hydrogens is 411 g/mol. The SMILES string of the molecule is Cn1nc2c(c1C#N)-c1cnc(N)c(c1)OCc1cc(F)ccc1-c1ncccc1C2=O. The number of aromatic nitrogens is 4. The number of rotatable bonds is 0. The van der Waals surface area contributed by atoms with E-state index in [0.717, 1.165) is 0 Å². The molecule has 8 nitrogen and oxygen atoms in total. The van der Waals surface area contributed by atoms with E-state index in [-0.39, 0.29) is 35.1 Å². The van der Waals surface area contributed by atoms with E-state index in [1.54, 1.807) is 37.5 Å². The fourth-order valence-electron chi connectivity index (χ4n) is 3.79. The van der Waals surface area contributed by atoms with E-state index >= 15 is 0 Å². The van der Waals surface area contributed by atoms with Gasteiger partial charge in [-0.05, 0) is 36.4 Å². The predicted octanol–water partition coefficient (Wildman–Crippen LogP) is 3.26. The second kappa shape index (κ2) is 7.28. The van der Waals surface area contributed by atoms with E-state index in [1.165, 1.54) is 23.0 Å². The van der Waals surface area contributed by atoms with Crippen LogP contribution in [0, 0.1) is 17.1 Å². The molecule has 0 saturated heterocycles. The minimum Gasteiger partial charge on any atom is -0.485 e. The van der Waals surface area contributed by atoms with Crippen LogP contribution in [0.1, 0.15) is 27.3 Å². The van der Waals surface area contributed by atoms with Crippen molar-refractivity contribution in [3.8, 4) is 34.2 Å². The van der Waals surface area contributed by atoms with Crippen molar-refractivity contribution in [3.63, 3.8) is 0 Å². The van der Waals surface area contributed by atoms with Gasteiger partial charge >= 0.3 is 0 Å². The number of nitriles is 1. The van der Waals surface area contributed by atoms with Crippen LogP contribution in [0.2, 0.25) is 0 Å². The van der Waals surface area contributed by atoms with Crippen molar-refractivity contribution < 1.29 is 13.9 Å². The summed E-state index contributed by atoms with van der Waals surface area (Å²) in [6.45, 7) is -0.0301. The first-order valence-electron chi connectivity index (χ1n) is 9.62. The fourth-order valence-corrected chi connectivity index (χ4v) is 3.79. The monoisotopic (exact) mass is 426 g/mol. The molecule has 9 heteroatoms. The van der Waals surface area contributed by atoms with Crippen molar-refractivity contribution >= 4 is 11.6 Å². The van der Waals surface area contributed by atoms with E-state index in [2.05, 4.69) is 21.1 Å². The Kier molecular flexibility index (Phi) is 4.41. The number of ether oxygens (including phenoxy) is 1. The van der Waals surface area contributed by atoms with Gasteiger partial charge < -0.3 is 10.5 Å². The number of benzene rings is 1. The van der Waals surface area contributed by atoms with Gasteiger partial charge in [0.15, 0.2) is 11.6 Å². The van der Waals surface area contributed by atoms with Crippen LogP contribution in [0.25, 0.3) is 22.4 Å². The number of hydrogen-bond acceptors (Lipinski definition) is 7. The summed E-state index contributed by atoms with van der Waals surface area (Å²) < 4.78 is 21.3. The van der Waals surface area contributed by atoms with Gasteiger partial charge in [-0.15, -0.1) is 0 Å². The Morgan fingerprint density at radius 3 is 2.84 bits per heavy atom. The van der Waals surface area contributed by atoms with Gasteiger partial charge in [0.25, 0.3) is 0 Å². The number of hydrogen-bond donors (Lipinski definition) is 1. The minimum atomic E-state index is -0.450. The van der Waals surface area contributed by atoms with Crippen molar-refractivity contribution in [2.75, 3.05) is 5.73 Å². The lowest BCUT2D eigenvalue weighted by Gasteiger charge is -2.16. The lowest BCUT2D eigenvalue weighted by atomic mass is 9.94. The van der Waals surface area contributed by atoms with Crippen molar-refractivity contribution in [2.24, 2.45) is 7.05 Å². The summed E-state index contributed by atoms with van der Waals surface area (Å²) in [6.07, 6.45) is 3.01. The Labute approximate surface area is 181 Å². The molecule has 0 fully saturated rings. The van der Waals surface area contributed by atoms with Crippen LogP contribution in [0.15, 0.2) is 48.8 Å². The molecule has 0 aliphatic carbocycles. The third-order valence-electron chi connectivity index (χ3n) is 5.30. The molecule has 3 aromatic heterocycles. The predicted molar refractivity (Wildman–Crippen MR) is 113 cm³/mol. The molecule has 0 amide bonds. The number of anilines is 1. The number of pyridine rings is 2. The largest absolute Gasteiger partial charge is 0.485 e. The van der Waals surface area contributed by atoms with E-state index < -0.39 is 11.6 Å². The first-order valence-corrected chi connectivity index (χ1v) is 9.62. The second-order valence-electron chi connectivity index (χ2n) is 7.23. The first-order chi connectivity index (χ1) is 15.5. The average Bonchev–Trinajstić information content (AvgIpc) is 3.13. The van der Waals surface area contributed by atoms with Gasteiger partial charge in [-0.2, -0.15) is 10.4 Å². The molecule has 2 bridgehead atoms. The zero-order chi connectivity index (χ0) is 22.4. The maximum atomic E-state index is 14.1. The zero-order valence-electron chi connectivity index (χ0n) is 16.8. The maximum Gasteiger partial charge on any atom is 0.216 e. The van der Waals surface area contributed by atoms with Crippen LogP contribution in [0.3, 0.4) is 0 Å².